The van der Waals surface area contributed by atoms with Gasteiger partial charge < -0.3 is 5.32 Å². The zero-order chi connectivity index (χ0) is 17.2. The van der Waals surface area contributed by atoms with Crippen LogP contribution in [0.2, 0.25) is 5.15 Å². The van der Waals surface area contributed by atoms with Crippen LogP contribution in [0.5, 0.6) is 0 Å². The fourth-order valence-corrected chi connectivity index (χ4v) is 3.46. The summed E-state index contributed by atoms with van der Waals surface area (Å²) >= 11 is 7.75. The smallest absolute Gasteiger partial charge is 0.274 e. The van der Waals surface area contributed by atoms with E-state index < -0.39 is 0 Å². The molecule has 4 rings (SSSR count). The van der Waals surface area contributed by atoms with E-state index in [1.165, 1.54) is 0 Å². The minimum atomic E-state index is -0.302. The summed E-state index contributed by atoms with van der Waals surface area (Å²) in [4.78, 5) is 21.1. The van der Waals surface area contributed by atoms with Gasteiger partial charge in [-0.25, -0.2) is 9.97 Å². The van der Waals surface area contributed by atoms with Crippen LogP contribution in [0.1, 0.15) is 10.5 Å². The number of aromatic nitrogens is 2. The molecule has 0 unspecified atom stereocenters. The van der Waals surface area contributed by atoms with Gasteiger partial charge in [-0.05, 0) is 23.6 Å². The molecule has 0 aliphatic carbocycles. The second kappa shape index (κ2) is 6.63. The standard InChI is InChI=1S/C19H12ClN3OS/c20-17-15-7-2-1-4-12(15)11-16(23-17)18(24)22-14-6-3-5-13(10-14)19-21-8-9-25-19/h1-11H,(H,22,24). The maximum atomic E-state index is 12.6. The number of hydrogen-bond acceptors (Lipinski definition) is 4. The van der Waals surface area contributed by atoms with Crippen molar-refractivity contribution in [3.63, 3.8) is 0 Å². The van der Waals surface area contributed by atoms with Crippen molar-refractivity contribution in [2.24, 2.45) is 0 Å². The van der Waals surface area contributed by atoms with Crippen LogP contribution in [0.4, 0.5) is 5.69 Å². The number of carbonyl (C=O) groups excluding carboxylic acids is 1. The van der Waals surface area contributed by atoms with E-state index in [1.807, 2.05) is 53.9 Å². The largest absolute Gasteiger partial charge is 0.321 e. The van der Waals surface area contributed by atoms with Crippen LogP contribution < -0.4 is 5.32 Å². The average molecular weight is 366 g/mol. The Morgan fingerprint density at radius 3 is 2.80 bits per heavy atom. The molecule has 4 nitrogen and oxygen atoms in total. The lowest BCUT2D eigenvalue weighted by Gasteiger charge is -2.08. The second-order valence-corrected chi connectivity index (χ2v) is 6.64. The maximum absolute atomic E-state index is 12.6. The monoisotopic (exact) mass is 365 g/mol. The van der Waals surface area contributed by atoms with E-state index in [0.717, 1.165) is 21.3 Å². The first kappa shape index (κ1) is 15.7. The zero-order valence-corrected chi connectivity index (χ0v) is 14.5. The van der Waals surface area contributed by atoms with E-state index in [9.17, 15) is 4.79 Å². The molecule has 2 aromatic heterocycles. The minimum absolute atomic E-state index is 0.281. The number of pyridine rings is 1. The van der Waals surface area contributed by atoms with Crippen molar-refractivity contribution < 1.29 is 4.79 Å². The molecule has 0 spiro atoms. The first-order valence-electron chi connectivity index (χ1n) is 7.57. The Morgan fingerprint density at radius 2 is 1.96 bits per heavy atom. The highest BCUT2D eigenvalue weighted by Crippen LogP contribution is 2.25. The van der Waals surface area contributed by atoms with Crippen LogP contribution >= 0.6 is 22.9 Å². The van der Waals surface area contributed by atoms with E-state index in [2.05, 4.69) is 15.3 Å². The molecule has 1 N–H and O–H groups in total. The zero-order valence-electron chi connectivity index (χ0n) is 12.9. The first-order chi connectivity index (χ1) is 12.2. The molecule has 2 heterocycles. The summed E-state index contributed by atoms with van der Waals surface area (Å²) in [6, 6.07) is 16.9. The van der Waals surface area contributed by atoms with Crippen molar-refractivity contribution in [2.45, 2.75) is 0 Å². The quantitative estimate of drug-likeness (QED) is 0.503. The number of rotatable bonds is 3. The number of anilines is 1. The van der Waals surface area contributed by atoms with Crippen molar-refractivity contribution in [3.8, 4) is 10.6 Å². The number of nitrogens with one attached hydrogen (secondary N) is 1. The third-order valence-corrected chi connectivity index (χ3v) is 4.84. The molecule has 122 valence electrons. The topological polar surface area (TPSA) is 54.9 Å². The number of amides is 1. The summed E-state index contributed by atoms with van der Waals surface area (Å²) in [5.74, 6) is -0.302. The number of benzene rings is 2. The van der Waals surface area contributed by atoms with Crippen molar-refractivity contribution in [1.82, 2.24) is 9.97 Å². The molecule has 6 heteroatoms. The molecule has 1 amide bonds. The molecule has 0 saturated carbocycles. The number of hydrogen-bond donors (Lipinski definition) is 1. The highest BCUT2D eigenvalue weighted by molar-refractivity contribution is 7.13. The van der Waals surface area contributed by atoms with E-state index >= 15 is 0 Å². The third kappa shape index (κ3) is 3.24. The third-order valence-electron chi connectivity index (χ3n) is 3.73. The summed E-state index contributed by atoms with van der Waals surface area (Å²) in [6.45, 7) is 0. The predicted molar refractivity (Wildman–Crippen MR) is 102 cm³/mol. The van der Waals surface area contributed by atoms with Gasteiger partial charge in [0.05, 0.1) is 0 Å². The van der Waals surface area contributed by atoms with E-state index in [1.54, 1.807) is 23.6 Å². The Kier molecular flexibility index (Phi) is 4.17. The lowest BCUT2D eigenvalue weighted by atomic mass is 10.1. The SMILES string of the molecule is O=C(Nc1cccc(-c2nccs2)c1)c1cc2ccccc2c(Cl)n1. The van der Waals surface area contributed by atoms with Gasteiger partial charge in [-0.2, -0.15) is 0 Å². The fourth-order valence-electron chi connectivity index (χ4n) is 2.56. The van der Waals surface area contributed by atoms with Crippen molar-refractivity contribution in [1.29, 1.82) is 0 Å². The molecule has 0 fully saturated rings. The summed E-state index contributed by atoms with van der Waals surface area (Å²) in [6.07, 6.45) is 1.76. The summed E-state index contributed by atoms with van der Waals surface area (Å²) in [5.41, 5.74) is 1.92. The van der Waals surface area contributed by atoms with Crippen LogP contribution in [0.3, 0.4) is 0 Å². The number of halogens is 1. The number of fused-ring (bicyclic) bond motifs is 1. The van der Waals surface area contributed by atoms with Gasteiger partial charge in [-0.15, -0.1) is 11.3 Å². The number of thiazole rings is 1. The maximum Gasteiger partial charge on any atom is 0.274 e. The molecule has 0 aliphatic rings. The molecular formula is C19H12ClN3OS. The molecule has 0 aliphatic heterocycles. The van der Waals surface area contributed by atoms with Gasteiger partial charge in [0.2, 0.25) is 0 Å². The summed E-state index contributed by atoms with van der Waals surface area (Å²) in [7, 11) is 0. The van der Waals surface area contributed by atoms with E-state index in [0.29, 0.717) is 10.8 Å². The Hall–Kier alpha value is -2.76. The summed E-state index contributed by atoms with van der Waals surface area (Å²) in [5, 5.41) is 7.72. The van der Waals surface area contributed by atoms with Gasteiger partial charge in [0.25, 0.3) is 5.91 Å². The lowest BCUT2D eigenvalue weighted by molar-refractivity contribution is 0.102. The van der Waals surface area contributed by atoms with Crippen LogP contribution in [0.15, 0.2) is 66.2 Å². The molecular weight excluding hydrogens is 354 g/mol. The summed E-state index contributed by atoms with van der Waals surface area (Å²) < 4.78 is 0. The Labute approximate surface area is 153 Å². The van der Waals surface area contributed by atoms with Crippen LogP contribution in [0, 0.1) is 0 Å². The minimum Gasteiger partial charge on any atom is -0.321 e. The Morgan fingerprint density at radius 1 is 1.08 bits per heavy atom. The first-order valence-corrected chi connectivity index (χ1v) is 8.83. The number of nitrogens with zero attached hydrogens (tertiary/aromatic N) is 2. The molecule has 2 aromatic carbocycles. The van der Waals surface area contributed by atoms with Crippen LogP contribution in [-0.4, -0.2) is 15.9 Å². The lowest BCUT2D eigenvalue weighted by Crippen LogP contribution is -2.13. The Balaban J connectivity index is 1.63. The van der Waals surface area contributed by atoms with Crippen LogP contribution in [0.25, 0.3) is 21.3 Å². The molecule has 4 aromatic rings. The molecule has 0 saturated heterocycles. The number of carbonyl (C=O) groups is 1. The highest BCUT2D eigenvalue weighted by atomic mass is 35.5. The molecule has 25 heavy (non-hydrogen) atoms. The van der Waals surface area contributed by atoms with Crippen molar-refractivity contribution in [2.75, 3.05) is 5.32 Å². The van der Waals surface area contributed by atoms with E-state index in [4.69, 9.17) is 11.6 Å². The van der Waals surface area contributed by atoms with Gasteiger partial charge in [0.15, 0.2) is 0 Å². The average Bonchev–Trinajstić information content (AvgIpc) is 3.17. The normalized spacial score (nSPS) is 10.8. The van der Waals surface area contributed by atoms with Gasteiger partial charge in [0, 0.05) is 28.2 Å². The van der Waals surface area contributed by atoms with Crippen molar-refractivity contribution >= 4 is 45.3 Å². The van der Waals surface area contributed by atoms with Gasteiger partial charge in [0.1, 0.15) is 15.9 Å². The Bertz CT molecular complexity index is 1060. The van der Waals surface area contributed by atoms with Gasteiger partial charge >= 0.3 is 0 Å². The van der Waals surface area contributed by atoms with E-state index in [-0.39, 0.29) is 11.6 Å². The predicted octanol–water partition coefficient (Wildman–Crippen LogP) is 5.26. The van der Waals surface area contributed by atoms with Gasteiger partial charge in [-0.3, -0.25) is 4.79 Å². The van der Waals surface area contributed by atoms with Gasteiger partial charge in [-0.1, -0.05) is 48.0 Å². The van der Waals surface area contributed by atoms with Crippen LogP contribution in [-0.2, 0) is 0 Å². The fraction of sp³-hybridized carbons (Fsp3) is 0. The van der Waals surface area contributed by atoms with Crippen molar-refractivity contribution in [3.05, 3.63) is 77.0 Å². The molecule has 0 radical (unpaired) electrons. The second-order valence-electron chi connectivity index (χ2n) is 5.39. The molecule has 0 atom stereocenters. The molecule has 0 bridgehead atoms. The highest BCUT2D eigenvalue weighted by Gasteiger charge is 2.12.